The highest BCUT2D eigenvalue weighted by Crippen LogP contribution is 2.39. The van der Waals surface area contributed by atoms with Crippen LogP contribution >= 0.6 is 0 Å². The largest absolute Gasteiger partial charge is 0.465 e. The third-order valence-electron chi connectivity index (χ3n) is 5.54. The van der Waals surface area contributed by atoms with E-state index in [4.69, 9.17) is 5.11 Å². The summed E-state index contributed by atoms with van der Waals surface area (Å²) in [6.07, 6.45) is 1.11. The first-order valence-electron chi connectivity index (χ1n) is 9.44. The van der Waals surface area contributed by atoms with Crippen molar-refractivity contribution >= 4 is 23.5 Å². The van der Waals surface area contributed by atoms with Crippen LogP contribution in [0.1, 0.15) is 19.8 Å². The van der Waals surface area contributed by atoms with Crippen molar-refractivity contribution in [1.82, 2.24) is 15.1 Å². The molecule has 0 unspecified atom stereocenters. The van der Waals surface area contributed by atoms with Gasteiger partial charge in [0.2, 0.25) is 5.91 Å². The number of hydrogen-bond donors (Lipinski definition) is 3. The zero-order chi connectivity index (χ0) is 19.7. The van der Waals surface area contributed by atoms with Crippen LogP contribution in [0.4, 0.5) is 16.3 Å². The van der Waals surface area contributed by atoms with Crippen LogP contribution in [-0.4, -0.2) is 51.3 Å². The molecule has 0 bridgehead atoms. The van der Waals surface area contributed by atoms with Crippen LogP contribution in [0, 0.1) is 11.8 Å². The van der Waals surface area contributed by atoms with Crippen molar-refractivity contribution in [2.45, 2.75) is 25.8 Å². The van der Waals surface area contributed by atoms with Crippen LogP contribution in [0.5, 0.6) is 0 Å². The van der Waals surface area contributed by atoms with Crippen molar-refractivity contribution in [3.05, 3.63) is 36.4 Å². The molecule has 1 aliphatic heterocycles. The number of benzene rings is 1. The number of hydrogen-bond acceptors (Lipinski definition) is 5. The SMILES string of the molecule is CC(=O)Nc1ccc(-c2ccc(N[C@@H]3C[C@@H]4CN(C(=O)O)C[C@@H]4C3)nn2)cc1. The number of nitrogens with zero attached hydrogens (tertiary/aromatic N) is 3. The molecule has 0 spiro atoms. The number of carboxylic acid groups (broad SMARTS) is 1. The molecule has 2 amide bonds. The van der Waals surface area contributed by atoms with E-state index in [1.54, 1.807) is 0 Å². The summed E-state index contributed by atoms with van der Waals surface area (Å²) in [5.74, 6) is 1.50. The van der Waals surface area contributed by atoms with Crippen molar-refractivity contribution in [3.63, 3.8) is 0 Å². The second-order valence-electron chi connectivity index (χ2n) is 7.58. The lowest BCUT2D eigenvalue weighted by atomic mass is 10.0. The molecule has 2 heterocycles. The first kappa shape index (κ1) is 18.2. The zero-order valence-corrected chi connectivity index (χ0v) is 15.6. The minimum absolute atomic E-state index is 0.102. The normalized spacial score (nSPS) is 23.3. The number of carbonyl (C=O) groups excluding carboxylic acids is 1. The Balaban J connectivity index is 1.34. The van der Waals surface area contributed by atoms with Gasteiger partial charge in [-0.05, 0) is 48.9 Å². The quantitative estimate of drug-likeness (QED) is 0.752. The fraction of sp³-hybridized carbons (Fsp3) is 0.400. The predicted molar refractivity (Wildman–Crippen MR) is 105 cm³/mol. The fourth-order valence-electron chi connectivity index (χ4n) is 4.27. The van der Waals surface area contributed by atoms with E-state index < -0.39 is 6.09 Å². The van der Waals surface area contributed by atoms with Gasteiger partial charge in [-0.15, -0.1) is 10.2 Å². The van der Waals surface area contributed by atoms with E-state index in [0.29, 0.717) is 31.0 Å². The predicted octanol–water partition coefficient (Wildman–Crippen LogP) is 2.90. The Bertz CT molecular complexity index is 854. The molecular weight excluding hydrogens is 358 g/mol. The van der Waals surface area contributed by atoms with Crippen LogP contribution in [0.3, 0.4) is 0 Å². The van der Waals surface area contributed by atoms with E-state index in [1.165, 1.54) is 11.8 Å². The van der Waals surface area contributed by atoms with E-state index in [1.807, 2.05) is 36.4 Å². The van der Waals surface area contributed by atoms with Crippen molar-refractivity contribution in [2.75, 3.05) is 23.7 Å². The summed E-state index contributed by atoms with van der Waals surface area (Å²) >= 11 is 0. The third kappa shape index (κ3) is 3.90. The van der Waals surface area contributed by atoms with Gasteiger partial charge in [0.25, 0.3) is 0 Å². The Kier molecular flexibility index (Phi) is 4.85. The Hall–Kier alpha value is -3.16. The van der Waals surface area contributed by atoms with Crippen LogP contribution in [0.25, 0.3) is 11.3 Å². The fourth-order valence-corrected chi connectivity index (χ4v) is 4.27. The summed E-state index contributed by atoms with van der Waals surface area (Å²) in [6.45, 7) is 2.75. The van der Waals surface area contributed by atoms with Crippen LogP contribution < -0.4 is 10.6 Å². The lowest BCUT2D eigenvalue weighted by molar-refractivity contribution is -0.114. The van der Waals surface area contributed by atoms with Gasteiger partial charge in [-0.1, -0.05) is 12.1 Å². The molecule has 146 valence electrons. The number of nitrogens with one attached hydrogen (secondary N) is 2. The third-order valence-corrected chi connectivity index (χ3v) is 5.54. The van der Waals surface area contributed by atoms with Crippen LogP contribution in [-0.2, 0) is 4.79 Å². The first-order chi connectivity index (χ1) is 13.5. The van der Waals surface area contributed by atoms with Crippen LogP contribution in [0.15, 0.2) is 36.4 Å². The van der Waals surface area contributed by atoms with Gasteiger partial charge in [-0.25, -0.2) is 4.79 Å². The van der Waals surface area contributed by atoms with Gasteiger partial charge in [0.05, 0.1) is 5.69 Å². The molecular formula is C20H23N5O3. The second kappa shape index (κ2) is 7.46. The molecule has 1 saturated carbocycles. The standard InChI is InChI=1S/C20H23N5O3/c1-12(26)21-16-4-2-13(3-5-16)18-6-7-19(24-23-18)22-17-8-14-10-25(20(27)28)11-15(14)9-17/h2-7,14-15,17H,8-11H2,1H3,(H,21,26)(H,22,24)(H,27,28)/t14-,15+,17-. The number of likely N-dealkylation sites (tertiary alicyclic amines) is 1. The highest BCUT2D eigenvalue weighted by atomic mass is 16.4. The lowest BCUT2D eigenvalue weighted by Crippen LogP contribution is -2.29. The molecule has 2 aromatic rings. The highest BCUT2D eigenvalue weighted by molar-refractivity contribution is 5.88. The maximum Gasteiger partial charge on any atom is 0.407 e. The van der Waals surface area contributed by atoms with Gasteiger partial charge in [0.15, 0.2) is 0 Å². The maximum atomic E-state index is 11.1. The molecule has 8 heteroatoms. The van der Waals surface area contributed by atoms with E-state index in [2.05, 4.69) is 20.8 Å². The van der Waals surface area contributed by atoms with Crippen LogP contribution in [0.2, 0.25) is 0 Å². The maximum absolute atomic E-state index is 11.1. The molecule has 1 aromatic heterocycles. The molecule has 2 aliphatic rings. The van der Waals surface area contributed by atoms with Crippen molar-refractivity contribution < 1.29 is 14.7 Å². The summed E-state index contributed by atoms with van der Waals surface area (Å²) in [6, 6.07) is 11.6. The molecule has 1 aromatic carbocycles. The van der Waals surface area contributed by atoms with E-state index in [9.17, 15) is 9.59 Å². The summed E-state index contributed by atoms with van der Waals surface area (Å²) in [5, 5.41) is 23.9. The summed E-state index contributed by atoms with van der Waals surface area (Å²) < 4.78 is 0. The average molecular weight is 381 g/mol. The van der Waals surface area contributed by atoms with Gasteiger partial charge in [-0.3, -0.25) is 4.79 Å². The van der Waals surface area contributed by atoms with E-state index in [0.717, 1.165) is 35.6 Å². The Morgan fingerprint density at radius 2 is 1.71 bits per heavy atom. The molecule has 1 saturated heterocycles. The van der Waals surface area contributed by atoms with Gasteiger partial charge in [-0.2, -0.15) is 0 Å². The minimum Gasteiger partial charge on any atom is -0.465 e. The monoisotopic (exact) mass is 381 g/mol. The molecule has 1 aliphatic carbocycles. The number of aromatic nitrogens is 2. The molecule has 0 radical (unpaired) electrons. The second-order valence-corrected chi connectivity index (χ2v) is 7.58. The van der Waals surface area contributed by atoms with Gasteiger partial charge in [0, 0.05) is 37.3 Å². The lowest BCUT2D eigenvalue weighted by Gasteiger charge is -2.17. The zero-order valence-electron chi connectivity index (χ0n) is 15.6. The van der Waals surface area contributed by atoms with Gasteiger partial charge >= 0.3 is 6.09 Å². The molecule has 2 fully saturated rings. The number of carbonyl (C=O) groups is 2. The molecule has 4 rings (SSSR count). The summed E-state index contributed by atoms with van der Waals surface area (Å²) in [7, 11) is 0. The van der Waals surface area contributed by atoms with Crippen molar-refractivity contribution in [2.24, 2.45) is 11.8 Å². The van der Waals surface area contributed by atoms with Crippen molar-refractivity contribution in [3.8, 4) is 11.3 Å². The smallest absolute Gasteiger partial charge is 0.407 e. The number of rotatable bonds is 4. The van der Waals surface area contributed by atoms with Crippen molar-refractivity contribution in [1.29, 1.82) is 0 Å². The first-order valence-corrected chi connectivity index (χ1v) is 9.44. The van der Waals surface area contributed by atoms with Gasteiger partial charge < -0.3 is 20.6 Å². The average Bonchev–Trinajstić information content (AvgIpc) is 3.21. The van der Waals surface area contributed by atoms with Gasteiger partial charge in [0.1, 0.15) is 5.82 Å². The topological polar surface area (TPSA) is 107 Å². The van der Waals surface area contributed by atoms with E-state index in [-0.39, 0.29) is 5.91 Å². The molecule has 8 nitrogen and oxygen atoms in total. The number of amides is 2. The van der Waals surface area contributed by atoms with E-state index >= 15 is 0 Å². The summed E-state index contributed by atoms with van der Waals surface area (Å²) in [5.41, 5.74) is 2.44. The number of anilines is 2. The molecule has 28 heavy (non-hydrogen) atoms. The molecule has 3 N–H and O–H groups in total. The Morgan fingerprint density at radius 3 is 2.25 bits per heavy atom. The Labute approximate surface area is 163 Å². The minimum atomic E-state index is -0.814. The summed E-state index contributed by atoms with van der Waals surface area (Å²) in [4.78, 5) is 23.7. The number of fused-ring (bicyclic) bond motifs is 1. The molecule has 3 atom stereocenters. The highest BCUT2D eigenvalue weighted by Gasteiger charge is 2.42. The Morgan fingerprint density at radius 1 is 1.04 bits per heavy atom.